The number of Topliss-reactive ketones (excluding diaryl/α,β-unsaturated/α-hetero) is 1. The molecule has 1 aromatic heterocycles. The number of rotatable bonds is 5. The van der Waals surface area contributed by atoms with Gasteiger partial charge in [-0.3, -0.25) is 4.79 Å². The summed E-state index contributed by atoms with van der Waals surface area (Å²) in [7, 11) is 3.60. The van der Waals surface area contributed by atoms with Crippen molar-refractivity contribution in [2.45, 2.75) is 13.5 Å². The van der Waals surface area contributed by atoms with Gasteiger partial charge in [0.15, 0.2) is 5.76 Å². The molecule has 33 heavy (non-hydrogen) atoms. The van der Waals surface area contributed by atoms with Gasteiger partial charge in [-0.25, -0.2) is 0 Å². The van der Waals surface area contributed by atoms with Gasteiger partial charge >= 0.3 is 0 Å². The lowest BCUT2D eigenvalue weighted by molar-refractivity contribution is 0.101. The lowest BCUT2D eigenvalue weighted by Gasteiger charge is -2.12. The van der Waals surface area contributed by atoms with Crippen molar-refractivity contribution in [3.05, 3.63) is 93.8 Å². The SMILES string of the molecule is COc1ccc2c(c1)c(C=C1Oc3c(ccc(OCc4ccccc4Cl)c3C)C1=O)cn2C. The third-order valence-corrected chi connectivity index (χ3v) is 6.26. The third-order valence-electron chi connectivity index (χ3n) is 5.89. The second kappa shape index (κ2) is 8.34. The van der Waals surface area contributed by atoms with Crippen molar-refractivity contribution < 1.29 is 19.0 Å². The number of ether oxygens (including phenoxy) is 3. The van der Waals surface area contributed by atoms with Crippen molar-refractivity contribution in [2.24, 2.45) is 7.05 Å². The predicted molar refractivity (Wildman–Crippen MR) is 129 cm³/mol. The van der Waals surface area contributed by atoms with Gasteiger partial charge in [0.1, 0.15) is 23.9 Å². The fourth-order valence-corrected chi connectivity index (χ4v) is 4.27. The Kier molecular flexibility index (Phi) is 5.35. The number of fused-ring (bicyclic) bond motifs is 2. The Bertz CT molecular complexity index is 1430. The van der Waals surface area contributed by atoms with Crippen molar-refractivity contribution in [1.29, 1.82) is 0 Å². The highest BCUT2D eigenvalue weighted by molar-refractivity contribution is 6.31. The van der Waals surface area contributed by atoms with Gasteiger partial charge in [-0.15, -0.1) is 0 Å². The molecule has 0 fully saturated rings. The van der Waals surface area contributed by atoms with E-state index in [1.165, 1.54) is 0 Å². The fraction of sp³-hybridized carbons (Fsp3) is 0.148. The maximum absolute atomic E-state index is 13.1. The van der Waals surface area contributed by atoms with Gasteiger partial charge in [-0.2, -0.15) is 0 Å². The van der Waals surface area contributed by atoms with Crippen LogP contribution in [-0.4, -0.2) is 17.5 Å². The molecule has 0 saturated carbocycles. The summed E-state index contributed by atoms with van der Waals surface area (Å²) in [4.78, 5) is 13.1. The second-order valence-corrected chi connectivity index (χ2v) is 8.37. The van der Waals surface area contributed by atoms with Crippen LogP contribution in [-0.2, 0) is 13.7 Å². The molecule has 4 aromatic rings. The molecule has 0 aliphatic carbocycles. The molecule has 1 aliphatic rings. The highest BCUT2D eigenvalue weighted by Crippen LogP contribution is 2.40. The molecule has 2 heterocycles. The van der Waals surface area contributed by atoms with Gasteiger partial charge in [0, 0.05) is 45.9 Å². The van der Waals surface area contributed by atoms with Crippen LogP contribution in [0.4, 0.5) is 0 Å². The van der Waals surface area contributed by atoms with E-state index >= 15 is 0 Å². The van der Waals surface area contributed by atoms with E-state index in [2.05, 4.69) is 0 Å². The van der Waals surface area contributed by atoms with E-state index in [0.29, 0.717) is 28.7 Å². The Morgan fingerprint density at radius 3 is 2.73 bits per heavy atom. The highest BCUT2D eigenvalue weighted by atomic mass is 35.5. The number of ketones is 1. The molecule has 0 bridgehead atoms. The van der Waals surface area contributed by atoms with Gasteiger partial charge in [0.05, 0.1) is 12.7 Å². The highest BCUT2D eigenvalue weighted by Gasteiger charge is 2.30. The van der Waals surface area contributed by atoms with E-state index in [0.717, 1.165) is 33.3 Å². The summed E-state index contributed by atoms with van der Waals surface area (Å²) < 4.78 is 19.4. The lowest BCUT2D eigenvalue weighted by atomic mass is 10.1. The van der Waals surface area contributed by atoms with Crippen molar-refractivity contribution in [3.63, 3.8) is 0 Å². The third kappa shape index (κ3) is 3.74. The number of carbonyl (C=O) groups is 1. The topological polar surface area (TPSA) is 49.7 Å². The monoisotopic (exact) mass is 459 g/mol. The molecule has 6 heteroatoms. The van der Waals surface area contributed by atoms with Crippen LogP contribution in [0.15, 0.2) is 66.6 Å². The van der Waals surface area contributed by atoms with Crippen molar-refractivity contribution in [1.82, 2.24) is 4.57 Å². The standard InChI is InChI=1S/C27H22ClNO4/c1-16-24(32-15-17-6-4-5-7-22(17)28)11-9-20-26(30)25(33-27(16)20)12-18-14-29(2)23-10-8-19(31-3)13-21(18)23/h4-14H,15H2,1-3H3. The van der Waals surface area contributed by atoms with E-state index in [-0.39, 0.29) is 11.5 Å². The average Bonchev–Trinajstić information content (AvgIpc) is 3.31. The minimum atomic E-state index is -0.148. The fourth-order valence-electron chi connectivity index (χ4n) is 4.08. The Morgan fingerprint density at radius 2 is 1.94 bits per heavy atom. The van der Waals surface area contributed by atoms with E-state index < -0.39 is 0 Å². The lowest BCUT2D eigenvalue weighted by Crippen LogP contribution is -1.99. The summed E-state index contributed by atoms with van der Waals surface area (Å²) in [5.74, 6) is 2.07. The van der Waals surface area contributed by atoms with Crippen LogP contribution in [0.3, 0.4) is 0 Å². The molecule has 0 amide bonds. The van der Waals surface area contributed by atoms with Crippen LogP contribution in [0.5, 0.6) is 17.2 Å². The van der Waals surface area contributed by atoms with Crippen LogP contribution in [0.1, 0.15) is 27.0 Å². The minimum Gasteiger partial charge on any atom is -0.497 e. The molecule has 166 valence electrons. The largest absolute Gasteiger partial charge is 0.497 e. The van der Waals surface area contributed by atoms with Crippen LogP contribution >= 0.6 is 11.6 Å². The maximum Gasteiger partial charge on any atom is 0.231 e. The minimum absolute atomic E-state index is 0.148. The molecule has 0 saturated heterocycles. The molecule has 0 atom stereocenters. The summed E-state index contributed by atoms with van der Waals surface area (Å²) in [6.45, 7) is 2.22. The quantitative estimate of drug-likeness (QED) is 0.326. The number of allylic oxidation sites excluding steroid dienone is 1. The molecule has 1 aliphatic heterocycles. The summed E-state index contributed by atoms with van der Waals surface area (Å²) in [6, 6.07) is 17.0. The van der Waals surface area contributed by atoms with E-state index in [1.807, 2.05) is 67.2 Å². The Hall–Kier alpha value is -3.70. The number of benzene rings is 3. The van der Waals surface area contributed by atoms with Crippen molar-refractivity contribution in [3.8, 4) is 17.2 Å². The number of nitrogens with zero attached hydrogens (tertiary/aromatic N) is 1. The van der Waals surface area contributed by atoms with Crippen molar-refractivity contribution in [2.75, 3.05) is 7.11 Å². The summed E-state index contributed by atoms with van der Waals surface area (Å²) >= 11 is 6.24. The van der Waals surface area contributed by atoms with Gasteiger partial charge in [-0.1, -0.05) is 29.8 Å². The van der Waals surface area contributed by atoms with Gasteiger partial charge in [-0.05, 0) is 49.4 Å². The van der Waals surface area contributed by atoms with Crippen molar-refractivity contribution >= 4 is 34.4 Å². The molecule has 5 nitrogen and oxygen atoms in total. The first-order valence-electron chi connectivity index (χ1n) is 10.5. The molecule has 0 N–H and O–H groups in total. The molecular weight excluding hydrogens is 438 g/mol. The molecule has 0 unspecified atom stereocenters. The number of aryl methyl sites for hydroxylation is 1. The zero-order valence-electron chi connectivity index (χ0n) is 18.5. The number of hydrogen-bond acceptors (Lipinski definition) is 4. The first-order chi connectivity index (χ1) is 16.0. The molecule has 5 rings (SSSR count). The summed E-state index contributed by atoms with van der Waals surface area (Å²) in [6.07, 6.45) is 3.76. The normalized spacial score (nSPS) is 13.9. The average molecular weight is 460 g/mol. The Morgan fingerprint density at radius 1 is 1.12 bits per heavy atom. The molecule has 3 aromatic carbocycles. The Labute approximate surface area is 196 Å². The molecule has 0 radical (unpaired) electrons. The number of carbonyl (C=O) groups excluding carboxylic acids is 1. The smallest absolute Gasteiger partial charge is 0.231 e. The number of halogens is 1. The second-order valence-electron chi connectivity index (χ2n) is 7.96. The van der Waals surface area contributed by atoms with E-state index in [1.54, 1.807) is 25.3 Å². The first-order valence-corrected chi connectivity index (χ1v) is 10.9. The number of aromatic nitrogens is 1. The molecule has 0 spiro atoms. The maximum atomic E-state index is 13.1. The van der Waals surface area contributed by atoms with E-state index in [4.69, 9.17) is 25.8 Å². The van der Waals surface area contributed by atoms with Crippen LogP contribution in [0.2, 0.25) is 5.02 Å². The molecular formula is C27H22ClNO4. The van der Waals surface area contributed by atoms with Crippen LogP contribution < -0.4 is 14.2 Å². The summed E-state index contributed by atoms with van der Waals surface area (Å²) in [5.41, 5.74) is 4.12. The number of methoxy groups -OCH3 is 1. The van der Waals surface area contributed by atoms with Gasteiger partial charge < -0.3 is 18.8 Å². The van der Waals surface area contributed by atoms with Crippen LogP contribution in [0, 0.1) is 6.92 Å². The first kappa shape index (κ1) is 21.2. The summed E-state index contributed by atoms with van der Waals surface area (Å²) in [5, 5.41) is 1.64. The van der Waals surface area contributed by atoms with Gasteiger partial charge in [0.2, 0.25) is 5.78 Å². The Balaban J connectivity index is 1.45. The van der Waals surface area contributed by atoms with Gasteiger partial charge in [0.25, 0.3) is 0 Å². The van der Waals surface area contributed by atoms with E-state index in [9.17, 15) is 4.79 Å². The zero-order valence-corrected chi connectivity index (χ0v) is 19.3. The number of hydrogen-bond donors (Lipinski definition) is 0. The van der Waals surface area contributed by atoms with Crippen LogP contribution in [0.25, 0.3) is 17.0 Å². The zero-order chi connectivity index (χ0) is 23.1. The predicted octanol–water partition coefficient (Wildman–Crippen LogP) is 6.34.